The van der Waals surface area contributed by atoms with Crippen molar-refractivity contribution in [3.05, 3.63) is 109 Å². The van der Waals surface area contributed by atoms with Crippen molar-refractivity contribution in [2.75, 3.05) is 0 Å². The predicted molar refractivity (Wildman–Crippen MR) is 124 cm³/mol. The van der Waals surface area contributed by atoms with Crippen molar-refractivity contribution < 1.29 is 4.57 Å². The first kappa shape index (κ1) is 18.3. The van der Waals surface area contributed by atoms with E-state index in [1.165, 1.54) is 21.9 Å². The van der Waals surface area contributed by atoms with Crippen molar-refractivity contribution in [1.82, 2.24) is 4.98 Å². The van der Waals surface area contributed by atoms with Crippen LogP contribution in [0.15, 0.2) is 103 Å². The van der Waals surface area contributed by atoms with E-state index in [2.05, 4.69) is 116 Å². The maximum absolute atomic E-state index is 5.18. The summed E-state index contributed by atoms with van der Waals surface area (Å²) in [6.45, 7) is 2.16. The third-order valence-electron chi connectivity index (χ3n) is 5.62. The maximum atomic E-state index is 5.18. The Bertz CT molecular complexity index is 1350. The first-order valence-corrected chi connectivity index (χ1v) is 10.2. The van der Waals surface area contributed by atoms with Gasteiger partial charge in [-0.05, 0) is 35.4 Å². The van der Waals surface area contributed by atoms with Gasteiger partial charge in [0.05, 0.1) is 5.56 Å². The molecule has 30 heavy (non-hydrogen) atoms. The lowest BCUT2D eigenvalue weighted by Crippen LogP contribution is -2.32. The highest BCUT2D eigenvalue weighted by atomic mass is 15.0. The highest BCUT2D eigenvalue weighted by Gasteiger charge is 2.23. The molecule has 0 bridgehead atoms. The van der Waals surface area contributed by atoms with Crippen LogP contribution in [0.3, 0.4) is 0 Å². The van der Waals surface area contributed by atoms with Gasteiger partial charge in [0.1, 0.15) is 18.4 Å². The molecule has 2 heteroatoms. The molecule has 0 aliphatic carbocycles. The van der Waals surface area contributed by atoms with Crippen molar-refractivity contribution in [2.45, 2.75) is 6.92 Å². The van der Waals surface area contributed by atoms with Gasteiger partial charge in [0.15, 0.2) is 6.20 Å². The van der Waals surface area contributed by atoms with Crippen molar-refractivity contribution in [3.8, 4) is 33.8 Å². The van der Waals surface area contributed by atoms with Crippen LogP contribution in [0.25, 0.3) is 44.5 Å². The first-order chi connectivity index (χ1) is 14.7. The van der Waals surface area contributed by atoms with Gasteiger partial charge >= 0.3 is 0 Å². The lowest BCUT2D eigenvalue weighted by Gasteiger charge is -2.12. The summed E-state index contributed by atoms with van der Waals surface area (Å²) < 4.78 is 2.21. The molecule has 0 amide bonds. The zero-order chi connectivity index (χ0) is 20.5. The molecular weight excluding hydrogens is 364 g/mol. The molecule has 1 aromatic heterocycles. The minimum Gasteiger partial charge on any atom is -0.234 e. The highest BCUT2D eigenvalue weighted by molar-refractivity contribution is 5.89. The molecule has 0 fully saturated rings. The molecule has 0 atom stereocenters. The van der Waals surface area contributed by atoms with Crippen molar-refractivity contribution in [2.24, 2.45) is 7.05 Å². The van der Waals surface area contributed by atoms with E-state index < -0.39 is 0 Å². The lowest BCUT2D eigenvalue weighted by atomic mass is 9.97. The molecule has 2 nitrogen and oxygen atoms in total. The third-order valence-corrected chi connectivity index (χ3v) is 5.62. The van der Waals surface area contributed by atoms with E-state index in [0.717, 1.165) is 28.2 Å². The summed E-state index contributed by atoms with van der Waals surface area (Å²) in [5, 5.41) is 2.46. The Balaban J connectivity index is 1.81. The molecule has 0 spiro atoms. The summed E-state index contributed by atoms with van der Waals surface area (Å²) in [4.78, 5) is 5.18. The molecule has 0 saturated heterocycles. The van der Waals surface area contributed by atoms with Crippen LogP contribution in [0.5, 0.6) is 0 Å². The van der Waals surface area contributed by atoms with Gasteiger partial charge in [0, 0.05) is 11.1 Å². The third kappa shape index (κ3) is 3.27. The van der Waals surface area contributed by atoms with E-state index in [1.807, 2.05) is 6.07 Å². The number of fused-ring (bicyclic) bond motifs is 1. The molecule has 0 aliphatic heterocycles. The largest absolute Gasteiger partial charge is 0.239 e. The Morgan fingerprint density at radius 1 is 0.667 bits per heavy atom. The summed E-state index contributed by atoms with van der Waals surface area (Å²) in [5.41, 5.74) is 7.78. The van der Waals surface area contributed by atoms with Gasteiger partial charge in [-0.3, -0.25) is 0 Å². The summed E-state index contributed by atoms with van der Waals surface area (Å²) in [6.07, 6.45) is 2.13. The van der Waals surface area contributed by atoms with E-state index in [9.17, 15) is 0 Å². The van der Waals surface area contributed by atoms with E-state index >= 15 is 0 Å². The smallest absolute Gasteiger partial charge is 0.234 e. The first-order valence-electron chi connectivity index (χ1n) is 10.2. The van der Waals surface area contributed by atoms with Crippen LogP contribution in [0, 0.1) is 6.92 Å². The Morgan fingerprint density at radius 2 is 1.37 bits per heavy atom. The average Bonchev–Trinajstić information content (AvgIpc) is 2.79. The Hall–Kier alpha value is -3.78. The van der Waals surface area contributed by atoms with Crippen LogP contribution in [0.1, 0.15) is 5.56 Å². The molecule has 5 aromatic rings. The molecule has 5 rings (SSSR count). The summed E-state index contributed by atoms with van der Waals surface area (Å²) in [6, 6.07) is 34.0. The van der Waals surface area contributed by atoms with Crippen LogP contribution in [-0.4, -0.2) is 4.98 Å². The predicted octanol–water partition coefficient (Wildman–Crippen LogP) is 6.37. The maximum Gasteiger partial charge on any atom is 0.239 e. The zero-order valence-corrected chi connectivity index (χ0v) is 17.2. The summed E-state index contributed by atoms with van der Waals surface area (Å²) in [5.74, 6) is 0. The molecular formula is C28H23N2+. The molecule has 0 saturated carbocycles. The molecule has 144 valence electrons. The van der Waals surface area contributed by atoms with Crippen LogP contribution >= 0.6 is 0 Å². The molecule has 0 aliphatic rings. The van der Waals surface area contributed by atoms with Gasteiger partial charge in [0.2, 0.25) is 5.69 Å². The SMILES string of the molecule is Cc1ccccc1-c1c(-c2ccc3ccccc3c2)nc(-c2ccccc2)c[n+]1C. The fraction of sp³-hybridized carbons (Fsp3) is 0.0714. The second-order valence-corrected chi connectivity index (χ2v) is 7.68. The van der Waals surface area contributed by atoms with Gasteiger partial charge in [-0.2, -0.15) is 4.57 Å². The lowest BCUT2D eigenvalue weighted by molar-refractivity contribution is -0.659. The van der Waals surface area contributed by atoms with Crippen LogP contribution in [0.2, 0.25) is 0 Å². The molecule has 1 heterocycles. The second-order valence-electron chi connectivity index (χ2n) is 7.68. The van der Waals surface area contributed by atoms with Gasteiger partial charge in [-0.1, -0.05) is 84.9 Å². The highest BCUT2D eigenvalue weighted by Crippen LogP contribution is 2.33. The van der Waals surface area contributed by atoms with Gasteiger partial charge in [-0.25, -0.2) is 4.98 Å². The molecule has 0 unspecified atom stereocenters. The Kier molecular flexibility index (Phi) is 4.61. The standard InChI is InChI=1S/C28H23N2/c1-20-10-6-9-15-25(20)28-27(24-17-16-21-11-7-8-14-23(21)18-24)29-26(19-30(28)2)22-12-4-3-5-13-22/h3-19H,1-2H3/q+1. The van der Waals surface area contributed by atoms with E-state index in [0.29, 0.717) is 0 Å². The quantitative estimate of drug-likeness (QED) is 0.329. The van der Waals surface area contributed by atoms with E-state index in [-0.39, 0.29) is 0 Å². The number of aryl methyl sites for hydroxylation is 2. The second kappa shape index (κ2) is 7.57. The summed E-state index contributed by atoms with van der Waals surface area (Å²) in [7, 11) is 2.11. The van der Waals surface area contributed by atoms with Gasteiger partial charge < -0.3 is 0 Å². The number of hydrogen-bond acceptors (Lipinski definition) is 1. The van der Waals surface area contributed by atoms with Crippen molar-refractivity contribution in [1.29, 1.82) is 0 Å². The fourth-order valence-electron chi connectivity index (χ4n) is 4.06. The van der Waals surface area contributed by atoms with Crippen LogP contribution in [0.4, 0.5) is 0 Å². The zero-order valence-electron chi connectivity index (χ0n) is 17.2. The van der Waals surface area contributed by atoms with Crippen LogP contribution < -0.4 is 4.57 Å². The Labute approximate surface area is 177 Å². The van der Waals surface area contributed by atoms with Crippen molar-refractivity contribution >= 4 is 10.8 Å². The van der Waals surface area contributed by atoms with Crippen LogP contribution in [-0.2, 0) is 7.05 Å². The fourth-order valence-corrected chi connectivity index (χ4v) is 4.06. The monoisotopic (exact) mass is 387 g/mol. The minimum absolute atomic E-state index is 0.971. The summed E-state index contributed by atoms with van der Waals surface area (Å²) >= 11 is 0. The molecule has 0 radical (unpaired) electrons. The normalized spacial score (nSPS) is 11.0. The van der Waals surface area contributed by atoms with Gasteiger partial charge in [-0.15, -0.1) is 0 Å². The number of hydrogen-bond donors (Lipinski definition) is 0. The van der Waals surface area contributed by atoms with E-state index in [1.54, 1.807) is 0 Å². The number of aromatic nitrogens is 2. The van der Waals surface area contributed by atoms with E-state index in [4.69, 9.17) is 4.98 Å². The number of rotatable bonds is 3. The van der Waals surface area contributed by atoms with Gasteiger partial charge in [0.25, 0.3) is 0 Å². The van der Waals surface area contributed by atoms with Crippen molar-refractivity contribution in [3.63, 3.8) is 0 Å². The topological polar surface area (TPSA) is 16.8 Å². The minimum atomic E-state index is 0.971. The Morgan fingerprint density at radius 3 is 2.17 bits per heavy atom. The molecule has 4 aromatic carbocycles. The molecule has 0 N–H and O–H groups in total. The average molecular weight is 388 g/mol. The number of nitrogens with zero attached hydrogens (tertiary/aromatic N) is 2. The number of benzene rings is 4.